The molecule has 1 saturated heterocycles. The van der Waals surface area contributed by atoms with Crippen LogP contribution in [0.25, 0.3) is 0 Å². The summed E-state index contributed by atoms with van der Waals surface area (Å²) < 4.78 is 32.3. The fourth-order valence-electron chi connectivity index (χ4n) is 3.14. The highest BCUT2D eigenvalue weighted by Gasteiger charge is 2.25. The van der Waals surface area contributed by atoms with Gasteiger partial charge in [-0.15, -0.1) is 0 Å². The number of rotatable bonds is 7. The number of nitrogens with zero attached hydrogens (tertiary/aromatic N) is 2. The molecule has 1 aliphatic rings. The van der Waals surface area contributed by atoms with E-state index in [-0.39, 0.29) is 23.3 Å². The van der Waals surface area contributed by atoms with E-state index in [9.17, 15) is 18.0 Å². The molecule has 9 heteroatoms. The molecule has 0 aliphatic carbocycles. The summed E-state index contributed by atoms with van der Waals surface area (Å²) in [5, 5.41) is 2.76. The number of likely N-dealkylation sites (N-methyl/N-ethyl adjacent to an activating group) is 1. The van der Waals surface area contributed by atoms with Gasteiger partial charge >= 0.3 is 0 Å². The van der Waals surface area contributed by atoms with E-state index in [1.807, 2.05) is 0 Å². The van der Waals surface area contributed by atoms with Crippen molar-refractivity contribution in [3.05, 3.63) is 54.1 Å². The number of benzene rings is 2. The molecule has 0 atom stereocenters. The standard InChI is InChI=1S/C22H27N3O5S/c1-24(2)21(26)16-30-19-10-8-18(9-11-19)23-22(27)17-6-12-20(13-7-17)31(28,29)25-14-4-3-5-15-25/h6-13H,3-5,14-16H2,1-2H3,(H,23,27). The average molecular weight is 446 g/mol. The summed E-state index contributed by atoms with van der Waals surface area (Å²) in [6, 6.07) is 12.6. The number of nitrogens with one attached hydrogen (secondary N) is 1. The van der Waals surface area contributed by atoms with Crippen molar-refractivity contribution in [1.82, 2.24) is 9.21 Å². The van der Waals surface area contributed by atoms with Gasteiger partial charge in [0.2, 0.25) is 10.0 Å². The van der Waals surface area contributed by atoms with Gasteiger partial charge in [-0.2, -0.15) is 4.31 Å². The van der Waals surface area contributed by atoms with Crippen molar-refractivity contribution in [3.63, 3.8) is 0 Å². The minimum atomic E-state index is -3.52. The molecular formula is C22H27N3O5S. The Hall–Kier alpha value is -2.91. The quantitative estimate of drug-likeness (QED) is 0.707. The Morgan fingerprint density at radius 3 is 2.16 bits per heavy atom. The highest BCUT2D eigenvalue weighted by molar-refractivity contribution is 7.89. The smallest absolute Gasteiger partial charge is 0.259 e. The van der Waals surface area contributed by atoms with Gasteiger partial charge < -0.3 is 15.0 Å². The molecule has 8 nitrogen and oxygen atoms in total. The summed E-state index contributed by atoms with van der Waals surface area (Å²) in [5.74, 6) is 0.0157. The van der Waals surface area contributed by atoms with Crippen LogP contribution in [0.5, 0.6) is 5.75 Å². The lowest BCUT2D eigenvalue weighted by atomic mass is 10.2. The zero-order chi connectivity index (χ0) is 22.4. The van der Waals surface area contributed by atoms with Crippen molar-refractivity contribution < 1.29 is 22.7 Å². The normalized spacial score (nSPS) is 14.6. The molecule has 1 heterocycles. The lowest BCUT2D eigenvalue weighted by molar-refractivity contribution is -0.130. The zero-order valence-corrected chi connectivity index (χ0v) is 18.5. The lowest BCUT2D eigenvalue weighted by Gasteiger charge is -2.25. The monoisotopic (exact) mass is 445 g/mol. The fraction of sp³-hybridized carbons (Fsp3) is 0.364. The lowest BCUT2D eigenvalue weighted by Crippen LogP contribution is -2.35. The van der Waals surface area contributed by atoms with Gasteiger partial charge in [-0.25, -0.2) is 8.42 Å². The van der Waals surface area contributed by atoms with Gasteiger partial charge in [0, 0.05) is 38.4 Å². The maximum absolute atomic E-state index is 12.7. The van der Waals surface area contributed by atoms with Crippen LogP contribution in [0.2, 0.25) is 0 Å². The number of piperidine rings is 1. The molecule has 2 aromatic rings. The van der Waals surface area contributed by atoms with E-state index in [2.05, 4.69) is 5.32 Å². The molecule has 0 unspecified atom stereocenters. The Labute approximate surface area is 182 Å². The Morgan fingerprint density at radius 2 is 1.58 bits per heavy atom. The number of carbonyl (C=O) groups excluding carboxylic acids is 2. The molecule has 1 fully saturated rings. The van der Waals surface area contributed by atoms with Crippen LogP contribution in [-0.2, 0) is 14.8 Å². The molecule has 166 valence electrons. The third-order valence-corrected chi connectivity index (χ3v) is 6.96. The molecule has 0 aromatic heterocycles. The molecular weight excluding hydrogens is 418 g/mol. The van der Waals surface area contributed by atoms with Crippen LogP contribution in [-0.4, -0.2) is 63.2 Å². The number of sulfonamides is 1. The highest BCUT2D eigenvalue weighted by Crippen LogP contribution is 2.21. The number of carbonyl (C=O) groups is 2. The van der Waals surface area contributed by atoms with Crippen LogP contribution in [0.1, 0.15) is 29.6 Å². The molecule has 2 aromatic carbocycles. The number of amides is 2. The van der Waals surface area contributed by atoms with E-state index in [1.54, 1.807) is 38.4 Å². The second-order valence-electron chi connectivity index (χ2n) is 7.54. The van der Waals surface area contributed by atoms with Crippen LogP contribution >= 0.6 is 0 Å². The first-order valence-electron chi connectivity index (χ1n) is 10.1. The van der Waals surface area contributed by atoms with Crippen molar-refractivity contribution in [2.45, 2.75) is 24.2 Å². The predicted molar refractivity (Wildman–Crippen MR) is 118 cm³/mol. The van der Waals surface area contributed by atoms with E-state index in [0.29, 0.717) is 30.1 Å². The van der Waals surface area contributed by atoms with Gasteiger partial charge in [-0.3, -0.25) is 9.59 Å². The SMILES string of the molecule is CN(C)C(=O)COc1ccc(NC(=O)c2ccc(S(=O)(=O)N3CCCCC3)cc2)cc1. The summed E-state index contributed by atoms with van der Waals surface area (Å²) in [7, 11) is -0.219. The maximum Gasteiger partial charge on any atom is 0.259 e. The predicted octanol–water partition coefficient (Wildman–Crippen LogP) is 2.58. The first-order valence-corrected chi connectivity index (χ1v) is 11.6. The summed E-state index contributed by atoms with van der Waals surface area (Å²) in [6.07, 6.45) is 2.79. The van der Waals surface area contributed by atoms with E-state index in [0.717, 1.165) is 19.3 Å². The summed E-state index contributed by atoms with van der Waals surface area (Å²) in [6.45, 7) is 1.01. The second kappa shape index (κ2) is 9.93. The highest BCUT2D eigenvalue weighted by atomic mass is 32.2. The first kappa shape index (κ1) is 22.8. The van der Waals surface area contributed by atoms with Gasteiger partial charge in [0.1, 0.15) is 5.75 Å². The van der Waals surface area contributed by atoms with Crippen molar-refractivity contribution in [1.29, 1.82) is 0 Å². The number of anilines is 1. The zero-order valence-electron chi connectivity index (χ0n) is 17.7. The molecule has 3 rings (SSSR count). The molecule has 0 radical (unpaired) electrons. The molecule has 31 heavy (non-hydrogen) atoms. The Morgan fingerprint density at radius 1 is 0.968 bits per heavy atom. The molecule has 0 spiro atoms. The summed E-state index contributed by atoms with van der Waals surface area (Å²) >= 11 is 0. The maximum atomic E-state index is 12.7. The van der Waals surface area contributed by atoms with Crippen LogP contribution in [0.15, 0.2) is 53.4 Å². The molecule has 1 N–H and O–H groups in total. The number of hydrogen-bond donors (Lipinski definition) is 1. The minimum absolute atomic E-state index is 0.0641. The van der Waals surface area contributed by atoms with Crippen molar-refractivity contribution in [2.75, 3.05) is 39.1 Å². The topological polar surface area (TPSA) is 96.0 Å². The van der Waals surface area contributed by atoms with Crippen molar-refractivity contribution in [2.24, 2.45) is 0 Å². The molecule has 0 bridgehead atoms. The number of ether oxygens (including phenoxy) is 1. The number of hydrogen-bond acceptors (Lipinski definition) is 5. The van der Waals surface area contributed by atoms with Crippen LogP contribution < -0.4 is 10.1 Å². The summed E-state index contributed by atoms with van der Waals surface area (Å²) in [4.78, 5) is 25.7. The Balaban J connectivity index is 1.60. The van der Waals surface area contributed by atoms with Gasteiger partial charge in [-0.1, -0.05) is 6.42 Å². The molecule has 2 amide bonds. The van der Waals surface area contributed by atoms with E-state index in [1.165, 1.54) is 33.5 Å². The van der Waals surface area contributed by atoms with Gasteiger partial charge in [0.25, 0.3) is 11.8 Å². The largest absolute Gasteiger partial charge is 0.484 e. The fourth-order valence-corrected chi connectivity index (χ4v) is 4.66. The average Bonchev–Trinajstić information content (AvgIpc) is 2.79. The van der Waals surface area contributed by atoms with Crippen LogP contribution in [0.4, 0.5) is 5.69 Å². The minimum Gasteiger partial charge on any atom is -0.484 e. The molecule has 1 aliphatic heterocycles. The van der Waals surface area contributed by atoms with Crippen molar-refractivity contribution in [3.8, 4) is 5.75 Å². The van der Waals surface area contributed by atoms with Gasteiger partial charge in [0.05, 0.1) is 4.90 Å². The summed E-state index contributed by atoms with van der Waals surface area (Å²) in [5.41, 5.74) is 0.913. The van der Waals surface area contributed by atoms with Crippen molar-refractivity contribution >= 4 is 27.5 Å². The van der Waals surface area contributed by atoms with Gasteiger partial charge in [0.15, 0.2) is 6.61 Å². The van der Waals surface area contributed by atoms with E-state index >= 15 is 0 Å². The van der Waals surface area contributed by atoms with Gasteiger partial charge in [-0.05, 0) is 61.4 Å². The Bertz CT molecular complexity index is 1010. The molecule has 0 saturated carbocycles. The van der Waals surface area contributed by atoms with Crippen LogP contribution in [0.3, 0.4) is 0 Å². The second-order valence-corrected chi connectivity index (χ2v) is 9.48. The van der Waals surface area contributed by atoms with E-state index in [4.69, 9.17) is 4.74 Å². The Kier molecular flexibility index (Phi) is 7.29. The third kappa shape index (κ3) is 5.83. The van der Waals surface area contributed by atoms with E-state index < -0.39 is 10.0 Å². The first-order chi connectivity index (χ1) is 14.8. The third-order valence-electron chi connectivity index (χ3n) is 5.04. The van der Waals surface area contributed by atoms with Crippen LogP contribution in [0, 0.1) is 0 Å².